The Morgan fingerprint density at radius 2 is 1.84 bits per heavy atom. The van der Waals surface area contributed by atoms with Crippen molar-refractivity contribution in [1.82, 2.24) is 4.72 Å². The first-order valence-electron chi connectivity index (χ1n) is 8.60. The molecule has 0 radical (unpaired) electrons. The quantitative estimate of drug-likeness (QED) is 0.891. The molecule has 2 aromatic carbocycles. The van der Waals surface area contributed by atoms with Crippen molar-refractivity contribution in [3.05, 3.63) is 52.6 Å². The second kappa shape index (κ2) is 6.35. The molecule has 2 aliphatic rings. The van der Waals surface area contributed by atoms with Crippen molar-refractivity contribution in [2.45, 2.75) is 37.6 Å². The minimum absolute atomic E-state index is 0.215. The first kappa shape index (κ1) is 16.4. The summed E-state index contributed by atoms with van der Waals surface area (Å²) in [4.78, 5) is 0.283. The second-order valence-corrected chi connectivity index (χ2v) is 8.11. The smallest absolute Gasteiger partial charge is 0.240 e. The average molecular weight is 359 g/mol. The van der Waals surface area contributed by atoms with E-state index in [1.807, 2.05) is 25.1 Å². The van der Waals surface area contributed by atoms with Gasteiger partial charge in [0.1, 0.15) is 11.5 Å². The molecule has 0 aromatic heterocycles. The van der Waals surface area contributed by atoms with E-state index in [1.54, 1.807) is 12.1 Å². The topological polar surface area (TPSA) is 64.6 Å². The minimum atomic E-state index is -3.56. The molecule has 4 rings (SSSR count). The highest BCUT2D eigenvalue weighted by molar-refractivity contribution is 7.89. The molecular formula is C19H21NO4S. The van der Waals surface area contributed by atoms with Crippen LogP contribution in [0.3, 0.4) is 0 Å². The van der Waals surface area contributed by atoms with Crippen LogP contribution in [0.4, 0.5) is 0 Å². The van der Waals surface area contributed by atoms with Gasteiger partial charge in [0.25, 0.3) is 0 Å². The summed E-state index contributed by atoms with van der Waals surface area (Å²) < 4.78 is 39.4. The van der Waals surface area contributed by atoms with E-state index in [-0.39, 0.29) is 11.4 Å². The summed E-state index contributed by atoms with van der Waals surface area (Å²) in [5.41, 5.74) is 4.19. The molecule has 2 aliphatic heterocycles. The SMILES string of the molecule is CCc1ccc(S(=O)(=O)NCc2c3c(cc4c2OCC4)OCC3)cc1. The highest BCUT2D eigenvalue weighted by Crippen LogP contribution is 2.40. The summed E-state index contributed by atoms with van der Waals surface area (Å²) in [5, 5.41) is 0. The maximum atomic E-state index is 12.6. The van der Waals surface area contributed by atoms with Gasteiger partial charge >= 0.3 is 0 Å². The Bertz CT molecular complexity index is 872. The van der Waals surface area contributed by atoms with E-state index in [0.717, 1.165) is 53.0 Å². The number of benzene rings is 2. The number of rotatable bonds is 5. The van der Waals surface area contributed by atoms with Crippen molar-refractivity contribution in [2.75, 3.05) is 13.2 Å². The molecule has 0 saturated heterocycles. The molecule has 2 heterocycles. The molecule has 25 heavy (non-hydrogen) atoms. The molecule has 0 unspecified atom stereocenters. The van der Waals surface area contributed by atoms with Crippen LogP contribution < -0.4 is 14.2 Å². The summed E-state index contributed by atoms with van der Waals surface area (Å²) >= 11 is 0. The number of hydrogen-bond donors (Lipinski definition) is 1. The van der Waals surface area contributed by atoms with Gasteiger partial charge in [-0.25, -0.2) is 13.1 Å². The molecule has 0 amide bonds. The van der Waals surface area contributed by atoms with Gasteiger partial charge in [-0.1, -0.05) is 19.1 Å². The number of hydrogen-bond acceptors (Lipinski definition) is 4. The molecule has 0 bridgehead atoms. The van der Waals surface area contributed by atoms with E-state index >= 15 is 0 Å². The van der Waals surface area contributed by atoms with Crippen molar-refractivity contribution in [1.29, 1.82) is 0 Å². The van der Waals surface area contributed by atoms with Crippen molar-refractivity contribution >= 4 is 10.0 Å². The van der Waals surface area contributed by atoms with Crippen LogP contribution in [0.15, 0.2) is 35.2 Å². The third-order valence-corrected chi connectivity index (χ3v) is 6.26. The molecule has 0 atom stereocenters. The van der Waals surface area contributed by atoms with Crippen LogP contribution in [0.2, 0.25) is 0 Å². The highest BCUT2D eigenvalue weighted by atomic mass is 32.2. The zero-order valence-corrected chi connectivity index (χ0v) is 15.0. The van der Waals surface area contributed by atoms with E-state index in [9.17, 15) is 8.42 Å². The molecule has 132 valence electrons. The van der Waals surface area contributed by atoms with Crippen LogP contribution in [0.1, 0.15) is 29.2 Å². The minimum Gasteiger partial charge on any atom is -0.493 e. The number of fused-ring (bicyclic) bond motifs is 2. The summed E-state index contributed by atoms with van der Waals surface area (Å²) in [7, 11) is -3.56. The first-order valence-corrected chi connectivity index (χ1v) is 10.1. The van der Waals surface area contributed by atoms with Gasteiger partial charge in [-0.15, -0.1) is 0 Å². The lowest BCUT2D eigenvalue weighted by Crippen LogP contribution is -2.24. The maximum Gasteiger partial charge on any atom is 0.240 e. The predicted octanol–water partition coefficient (Wildman–Crippen LogP) is 2.60. The number of nitrogens with one attached hydrogen (secondary N) is 1. The number of ether oxygens (including phenoxy) is 2. The van der Waals surface area contributed by atoms with Gasteiger partial charge in [0.15, 0.2) is 0 Å². The number of aryl methyl sites for hydroxylation is 1. The molecule has 1 N–H and O–H groups in total. The van der Waals surface area contributed by atoms with Crippen molar-refractivity contribution in [3.8, 4) is 11.5 Å². The van der Waals surface area contributed by atoms with Crippen LogP contribution in [0.25, 0.3) is 0 Å². The zero-order valence-electron chi connectivity index (χ0n) is 14.2. The van der Waals surface area contributed by atoms with Crippen LogP contribution >= 0.6 is 0 Å². The Morgan fingerprint density at radius 3 is 2.60 bits per heavy atom. The van der Waals surface area contributed by atoms with Gasteiger partial charge in [0, 0.05) is 36.1 Å². The molecule has 0 saturated carbocycles. The molecule has 0 aliphatic carbocycles. The summed E-state index contributed by atoms with van der Waals surface area (Å²) in [6.07, 6.45) is 2.51. The standard InChI is InChI=1S/C19H21NO4S/c1-2-13-3-5-15(6-4-13)25(21,22)20-12-17-16-8-10-23-18(16)11-14-7-9-24-19(14)17/h3-6,11,20H,2,7-10,12H2,1H3. The van der Waals surface area contributed by atoms with Crippen molar-refractivity contribution in [3.63, 3.8) is 0 Å². The second-order valence-electron chi connectivity index (χ2n) is 6.34. The predicted molar refractivity (Wildman–Crippen MR) is 94.7 cm³/mol. The van der Waals surface area contributed by atoms with E-state index in [4.69, 9.17) is 9.47 Å². The fourth-order valence-corrected chi connectivity index (χ4v) is 4.42. The summed E-state index contributed by atoms with van der Waals surface area (Å²) in [6.45, 7) is 3.53. The van der Waals surface area contributed by atoms with Crippen LogP contribution in [-0.4, -0.2) is 21.6 Å². The third-order valence-electron chi connectivity index (χ3n) is 4.84. The molecule has 0 fully saturated rings. The van der Waals surface area contributed by atoms with E-state index in [1.165, 1.54) is 0 Å². The molecular weight excluding hydrogens is 338 g/mol. The fourth-order valence-electron chi connectivity index (χ4n) is 3.43. The normalized spacial score (nSPS) is 15.4. The van der Waals surface area contributed by atoms with Crippen LogP contribution in [-0.2, 0) is 35.8 Å². The molecule has 0 spiro atoms. The van der Waals surface area contributed by atoms with Gasteiger partial charge in [-0.3, -0.25) is 0 Å². The molecule has 5 nitrogen and oxygen atoms in total. The Hall–Kier alpha value is -2.05. The Kier molecular flexibility index (Phi) is 4.17. The fraction of sp³-hybridized carbons (Fsp3) is 0.368. The largest absolute Gasteiger partial charge is 0.493 e. The first-order chi connectivity index (χ1) is 12.1. The summed E-state index contributed by atoms with van der Waals surface area (Å²) in [6, 6.07) is 9.04. The Labute approximate surface area is 148 Å². The van der Waals surface area contributed by atoms with Gasteiger partial charge in [-0.05, 0) is 30.2 Å². The van der Waals surface area contributed by atoms with Crippen molar-refractivity contribution in [2.24, 2.45) is 0 Å². The average Bonchev–Trinajstić information content (AvgIpc) is 3.27. The maximum absolute atomic E-state index is 12.6. The van der Waals surface area contributed by atoms with Gasteiger partial charge in [-0.2, -0.15) is 0 Å². The lowest BCUT2D eigenvalue weighted by atomic mass is 10.00. The molecule has 2 aromatic rings. The van der Waals surface area contributed by atoms with E-state index in [2.05, 4.69) is 4.72 Å². The van der Waals surface area contributed by atoms with Crippen LogP contribution in [0, 0.1) is 0 Å². The lowest BCUT2D eigenvalue weighted by molar-refractivity contribution is 0.352. The van der Waals surface area contributed by atoms with Crippen molar-refractivity contribution < 1.29 is 17.9 Å². The lowest BCUT2D eigenvalue weighted by Gasteiger charge is -2.14. The highest BCUT2D eigenvalue weighted by Gasteiger charge is 2.27. The van der Waals surface area contributed by atoms with Crippen LogP contribution in [0.5, 0.6) is 11.5 Å². The summed E-state index contributed by atoms with van der Waals surface area (Å²) in [5.74, 6) is 1.69. The molecule has 6 heteroatoms. The van der Waals surface area contributed by atoms with E-state index in [0.29, 0.717) is 13.2 Å². The monoisotopic (exact) mass is 359 g/mol. The Morgan fingerprint density at radius 1 is 1.08 bits per heavy atom. The Balaban J connectivity index is 1.61. The van der Waals surface area contributed by atoms with E-state index < -0.39 is 10.0 Å². The zero-order chi connectivity index (χ0) is 17.4. The number of sulfonamides is 1. The van der Waals surface area contributed by atoms with Gasteiger partial charge in [0.2, 0.25) is 10.0 Å². The third kappa shape index (κ3) is 3.00. The van der Waals surface area contributed by atoms with Gasteiger partial charge in [0.05, 0.1) is 18.1 Å². The van der Waals surface area contributed by atoms with Gasteiger partial charge < -0.3 is 9.47 Å².